The van der Waals surface area contributed by atoms with E-state index in [1.807, 2.05) is 13.0 Å². The molecule has 1 aromatic rings. The molecule has 14 heavy (non-hydrogen) atoms. The molecule has 0 fully saturated rings. The molecule has 0 heterocycles. The molecule has 0 radical (unpaired) electrons. The molecule has 1 N–H and O–H groups in total. The smallest absolute Gasteiger partial charge is 0.387 e. The van der Waals surface area contributed by atoms with Crippen LogP contribution in [-0.2, 0) is 6.54 Å². The largest absolute Gasteiger partial charge is 0.434 e. The van der Waals surface area contributed by atoms with Crippen molar-refractivity contribution in [2.24, 2.45) is 0 Å². The van der Waals surface area contributed by atoms with Crippen LogP contribution in [0.1, 0.15) is 11.1 Å². The van der Waals surface area contributed by atoms with Crippen molar-refractivity contribution in [1.29, 1.82) is 0 Å². The average Bonchev–Trinajstić information content (AvgIpc) is 2.09. The molecule has 0 aliphatic rings. The van der Waals surface area contributed by atoms with E-state index in [2.05, 4.69) is 10.1 Å². The van der Waals surface area contributed by atoms with E-state index in [1.54, 1.807) is 19.2 Å². The zero-order valence-electron chi connectivity index (χ0n) is 8.18. The van der Waals surface area contributed by atoms with Gasteiger partial charge in [-0.2, -0.15) is 8.78 Å². The first-order chi connectivity index (χ1) is 6.63. The van der Waals surface area contributed by atoms with Gasteiger partial charge in [0.25, 0.3) is 0 Å². The second-order valence-corrected chi connectivity index (χ2v) is 3.02. The molecular weight excluding hydrogens is 188 g/mol. The van der Waals surface area contributed by atoms with Crippen molar-refractivity contribution in [3.8, 4) is 5.75 Å². The highest BCUT2D eigenvalue weighted by atomic mass is 19.3. The Kier molecular flexibility index (Phi) is 3.83. The minimum Gasteiger partial charge on any atom is -0.434 e. The van der Waals surface area contributed by atoms with Crippen molar-refractivity contribution in [3.63, 3.8) is 0 Å². The SMILES string of the molecule is CNCc1cc(C)ccc1OC(F)F. The van der Waals surface area contributed by atoms with Crippen LogP contribution in [0.5, 0.6) is 5.75 Å². The van der Waals surface area contributed by atoms with Crippen LogP contribution >= 0.6 is 0 Å². The first-order valence-electron chi connectivity index (χ1n) is 4.32. The maximum absolute atomic E-state index is 12.0. The normalized spacial score (nSPS) is 10.6. The fourth-order valence-electron chi connectivity index (χ4n) is 1.25. The average molecular weight is 201 g/mol. The Bertz CT molecular complexity index is 302. The van der Waals surface area contributed by atoms with Crippen LogP contribution in [0.2, 0.25) is 0 Å². The highest BCUT2D eigenvalue weighted by Crippen LogP contribution is 2.21. The van der Waals surface area contributed by atoms with Gasteiger partial charge in [-0.15, -0.1) is 0 Å². The van der Waals surface area contributed by atoms with Crippen molar-refractivity contribution in [2.45, 2.75) is 20.1 Å². The minimum absolute atomic E-state index is 0.236. The summed E-state index contributed by atoms with van der Waals surface area (Å²) < 4.78 is 28.4. The van der Waals surface area contributed by atoms with Gasteiger partial charge < -0.3 is 10.1 Å². The number of ether oxygens (including phenoxy) is 1. The summed E-state index contributed by atoms with van der Waals surface area (Å²) >= 11 is 0. The molecule has 0 aliphatic carbocycles. The van der Waals surface area contributed by atoms with Crippen LogP contribution in [0.15, 0.2) is 18.2 Å². The Balaban J connectivity index is 2.89. The molecule has 0 aromatic heterocycles. The van der Waals surface area contributed by atoms with Crippen LogP contribution in [0.4, 0.5) is 8.78 Å². The number of benzene rings is 1. The maximum Gasteiger partial charge on any atom is 0.387 e. The molecule has 4 heteroatoms. The van der Waals surface area contributed by atoms with Crippen LogP contribution < -0.4 is 10.1 Å². The third-order valence-corrected chi connectivity index (χ3v) is 1.80. The summed E-state index contributed by atoms with van der Waals surface area (Å²) in [6.45, 7) is -0.344. The van der Waals surface area contributed by atoms with E-state index in [-0.39, 0.29) is 5.75 Å². The van der Waals surface area contributed by atoms with Gasteiger partial charge in [0, 0.05) is 12.1 Å². The summed E-state index contributed by atoms with van der Waals surface area (Å²) in [6.07, 6.45) is 0. The van der Waals surface area contributed by atoms with Crippen LogP contribution in [0, 0.1) is 6.92 Å². The third-order valence-electron chi connectivity index (χ3n) is 1.80. The zero-order valence-corrected chi connectivity index (χ0v) is 8.18. The van der Waals surface area contributed by atoms with E-state index in [0.717, 1.165) is 11.1 Å². The Morgan fingerprint density at radius 3 is 2.71 bits per heavy atom. The molecule has 2 nitrogen and oxygen atoms in total. The van der Waals surface area contributed by atoms with Gasteiger partial charge in [0.05, 0.1) is 0 Å². The van der Waals surface area contributed by atoms with E-state index in [1.165, 1.54) is 0 Å². The van der Waals surface area contributed by atoms with Crippen molar-refractivity contribution < 1.29 is 13.5 Å². The Morgan fingerprint density at radius 1 is 1.43 bits per heavy atom. The van der Waals surface area contributed by atoms with Gasteiger partial charge in [-0.25, -0.2) is 0 Å². The Hall–Kier alpha value is -1.16. The molecular formula is C10H13F2NO. The second kappa shape index (κ2) is 4.91. The fourth-order valence-corrected chi connectivity index (χ4v) is 1.25. The lowest BCUT2D eigenvalue weighted by molar-refractivity contribution is -0.0504. The summed E-state index contributed by atoms with van der Waals surface area (Å²) in [5.41, 5.74) is 1.77. The van der Waals surface area contributed by atoms with Crippen LogP contribution in [-0.4, -0.2) is 13.7 Å². The molecule has 78 valence electrons. The number of halogens is 2. The van der Waals surface area contributed by atoms with Crippen molar-refractivity contribution in [3.05, 3.63) is 29.3 Å². The van der Waals surface area contributed by atoms with Gasteiger partial charge >= 0.3 is 6.61 Å². The summed E-state index contributed by atoms with van der Waals surface area (Å²) in [5, 5.41) is 2.90. The summed E-state index contributed by atoms with van der Waals surface area (Å²) in [6, 6.07) is 5.14. The lowest BCUT2D eigenvalue weighted by atomic mass is 10.1. The lowest BCUT2D eigenvalue weighted by Gasteiger charge is -2.10. The summed E-state index contributed by atoms with van der Waals surface area (Å²) in [4.78, 5) is 0. The number of hydrogen-bond acceptors (Lipinski definition) is 2. The van der Waals surface area contributed by atoms with Gasteiger partial charge in [0.2, 0.25) is 0 Å². The third kappa shape index (κ3) is 2.96. The molecule has 0 amide bonds. The van der Waals surface area contributed by atoms with Gasteiger partial charge in [-0.05, 0) is 20.0 Å². The molecule has 1 aromatic carbocycles. The number of rotatable bonds is 4. The Labute approximate surface area is 81.9 Å². The summed E-state index contributed by atoms with van der Waals surface area (Å²) in [5.74, 6) is 0.236. The number of aryl methyl sites for hydroxylation is 1. The first kappa shape index (κ1) is 10.9. The molecule has 0 saturated carbocycles. The van der Waals surface area contributed by atoms with Gasteiger partial charge in [0.15, 0.2) is 0 Å². The van der Waals surface area contributed by atoms with Crippen molar-refractivity contribution in [1.82, 2.24) is 5.32 Å². The molecule has 0 aliphatic heterocycles. The topological polar surface area (TPSA) is 21.3 Å². The monoisotopic (exact) mass is 201 g/mol. The molecule has 0 saturated heterocycles. The van der Waals surface area contributed by atoms with E-state index < -0.39 is 6.61 Å². The maximum atomic E-state index is 12.0. The fraction of sp³-hybridized carbons (Fsp3) is 0.400. The summed E-state index contributed by atoms with van der Waals surface area (Å²) in [7, 11) is 1.76. The van der Waals surface area contributed by atoms with Crippen molar-refractivity contribution in [2.75, 3.05) is 7.05 Å². The van der Waals surface area contributed by atoms with Gasteiger partial charge in [0.1, 0.15) is 5.75 Å². The molecule has 0 unspecified atom stereocenters. The van der Waals surface area contributed by atoms with E-state index in [0.29, 0.717) is 6.54 Å². The molecule has 1 rings (SSSR count). The van der Waals surface area contributed by atoms with Crippen LogP contribution in [0.3, 0.4) is 0 Å². The lowest BCUT2D eigenvalue weighted by Crippen LogP contribution is -2.10. The number of alkyl halides is 2. The molecule has 0 atom stereocenters. The van der Waals surface area contributed by atoms with E-state index in [9.17, 15) is 8.78 Å². The predicted molar refractivity (Wildman–Crippen MR) is 50.6 cm³/mol. The van der Waals surface area contributed by atoms with Gasteiger partial charge in [-0.1, -0.05) is 17.7 Å². The second-order valence-electron chi connectivity index (χ2n) is 3.02. The minimum atomic E-state index is -2.77. The van der Waals surface area contributed by atoms with E-state index in [4.69, 9.17) is 0 Å². The highest BCUT2D eigenvalue weighted by Gasteiger charge is 2.08. The molecule has 0 bridgehead atoms. The zero-order chi connectivity index (χ0) is 10.6. The molecule has 0 spiro atoms. The number of nitrogens with one attached hydrogen (secondary N) is 1. The van der Waals surface area contributed by atoms with Crippen molar-refractivity contribution >= 4 is 0 Å². The Morgan fingerprint density at radius 2 is 2.14 bits per heavy atom. The van der Waals surface area contributed by atoms with Gasteiger partial charge in [-0.3, -0.25) is 0 Å². The number of hydrogen-bond donors (Lipinski definition) is 1. The first-order valence-corrected chi connectivity index (χ1v) is 4.32. The highest BCUT2D eigenvalue weighted by molar-refractivity contribution is 5.36. The van der Waals surface area contributed by atoms with E-state index >= 15 is 0 Å². The van der Waals surface area contributed by atoms with Crippen LogP contribution in [0.25, 0.3) is 0 Å². The standard InChI is InChI=1S/C10H13F2NO/c1-7-3-4-9(14-10(11)12)8(5-7)6-13-2/h3-5,10,13H,6H2,1-2H3. The predicted octanol–water partition coefficient (Wildman–Crippen LogP) is 2.32. The quantitative estimate of drug-likeness (QED) is 0.807.